The zero-order chi connectivity index (χ0) is 13.0. The van der Waals surface area contributed by atoms with E-state index in [1.807, 2.05) is 6.92 Å². The van der Waals surface area contributed by atoms with E-state index in [0.717, 1.165) is 10.0 Å². The molecule has 0 radical (unpaired) electrons. The van der Waals surface area contributed by atoms with Crippen molar-refractivity contribution in [2.24, 2.45) is 0 Å². The molecule has 1 saturated carbocycles. The summed E-state index contributed by atoms with van der Waals surface area (Å²) in [5.41, 5.74) is 0.443. The Morgan fingerprint density at radius 2 is 2.00 bits per heavy atom. The summed E-state index contributed by atoms with van der Waals surface area (Å²) in [7, 11) is 1.39. The number of ether oxygens (including phenoxy) is 1. The lowest BCUT2D eigenvalue weighted by Gasteiger charge is -2.14. The van der Waals surface area contributed by atoms with Gasteiger partial charge in [0.2, 0.25) is 0 Å². The molecule has 5 heteroatoms. The fraction of sp³-hybridized carbons (Fsp3) is 0.692. The van der Waals surface area contributed by atoms with Gasteiger partial charge in [0.05, 0.1) is 7.11 Å². The Morgan fingerprint density at radius 3 is 2.61 bits per heavy atom. The van der Waals surface area contributed by atoms with Gasteiger partial charge < -0.3 is 10.1 Å². The summed E-state index contributed by atoms with van der Waals surface area (Å²) < 4.78 is 4.72. The predicted octanol–water partition coefficient (Wildman–Crippen LogP) is 3.37. The molecule has 0 amide bonds. The molecule has 0 bridgehead atoms. The normalized spacial score (nSPS) is 17.2. The van der Waals surface area contributed by atoms with E-state index in [-0.39, 0.29) is 5.97 Å². The maximum atomic E-state index is 11.5. The molecule has 2 rings (SSSR count). The van der Waals surface area contributed by atoms with Crippen LogP contribution in [0.4, 0.5) is 5.13 Å². The van der Waals surface area contributed by atoms with Crippen LogP contribution >= 0.6 is 11.3 Å². The van der Waals surface area contributed by atoms with Crippen LogP contribution in [0.1, 0.15) is 53.9 Å². The average Bonchev–Trinajstić information content (AvgIpc) is 2.57. The van der Waals surface area contributed by atoms with Gasteiger partial charge in [-0.05, 0) is 19.8 Å². The zero-order valence-corrected chi connectivity index (χ0v) is 11.8. The smallest absolute Gasteiger partial charge is 0.357 e. The molecule has 0 aliphatic heterocycles. The van der Waals surface area contributed by atoms with Crippen molar-refractivity contribution < 1.29 is 9.53 Å². The van der Waals surface area contributed by atoms with Crippen LogP contribution in [-0.4, -0.2) is 24.1 Å². The number of carbonyl (C=O) groups is 1. The Bertz CT molecular complexity index is 409. The first-order chi connectivity index (χ1) is 8.70. The van der Waals surface area contributed by atoms with Crippen LogP contribution in [0, 0.1) is 6.92 Å². The molecular weight excluding hydrogens is 248 g/mol. The van der Waals surface area contributed by atoms with Crippen molar-refractivity contribution in [2.75, 3.05) is 12.4 Å². The third-order valence-corrected chi connectivity index (χ3v) is 4.26. The largest absolute Gasteiger partial charge is 0.464 e. The van der Waals surface area contributed by atoms with E-state index >= 15 is 0 Å². The molecule has 1 aromatic heterocycles. The number of nitrogens with one attached hydrogen (secondary N) is 1. The second-order valence-electron chi connectivity index (χ2n) is 4.75. The molecule has 0 aromatic carbocycles. The number of rotatable bonds is 3. The number of anilines is 1. The second-order valence-corrected chi connectivity index (χ2v) is 5.95. The average molecular weight is 268 g/mol. The fourth-order valence-corrected chi connectivity index (χ4v) is 3.22. The third kappa shape index (κ3) is 3.22. The number of nitrogens with zero attached hydrogens (tertiary/aromatic N) is 1. The Kier molecular flexibility index (Phi) is 4.58. The molecule has 0 unspecified atom stereocenters. The van der Waals surface area contributed by atoms with Crippen molar-refractivity contribution in [3.63, 3.8) is 0 Å². The highest BCUT2D eigenvalue weighted by Crippen LogP contribution is 2.26. The summed E-state index contributed by atoms with van der Waals surface area (Å²) in [6, 6.07) is 0.503. The molecule has 1 aliphatic rings. The van der Waals surface area contributed by atoms with Crippen molar-refractivity contribution in [3.8, 4) is 0 Å². The van der Waals surface area contributed by atoms with Crippen molar-refractivity contribution in [2.45, 2.75) is 51.5 Å². The molecule has 1 fully saturated rings. The van der Waals surface area contributed by atoms with Crippen molar-refractivity contribution in [3.05, 3.63) is 10.6 Å². The van der Waals surface area contributed by atoms with Gasteiger partial charge in [0, 0.05) is 10.9 Å². The maximum absolute atomic E-state index is 11.5. The third-order valence-electron chi connectivity index (χ3n) is 3.36. The SMILES string of the molecule is COC(=O)c1nc(NC2CCCCCC2)sc1C. The van der Waals surface area contributed by atoms with Crippen LogP contribution in [0.15, 0.2) is 0 Å². The van der Waals surface area contributed by atoms with Gasteiger partial charge in [-0.1, -0.05) is 25.7 Å². The number of methoxy groups -OCH3 is 1. The van der Waals surface area contributed by atoms with Crippen LogP contribution in [-0.2, 0) is 4.74 Å². The van der Waals surface area contributed by atoms with Gasteiger partial charge in [0.15, 0.2) is 10.8 Å². The molecular formula is C13H20N2O2S. The standard InChI is InChI=1S/C13H20N2O2S/c1-9-11(12(16)17-2)15-13(18-9)14-10-7-5-3-4-6-8-10/h10H,3-8H2,1-2H3,(H,14,15). The summed E-state index contributed by atoms with van der Waals surface area (Å²) in [4.78, 5) is 16.7. The van der Waals surface area contributed by atoms with Gasteiger partial charge in [-0.2, -0.15) is 0 Å². The van der Waals surface area contributed by atoms with Gasteiger partial charge in [-0.15, -0.1) is 11.3 Å². The number of aryl methyl sites for hydroxylation is 1. The number of hydrogen-bond donors (Lipinski definition) is 1. The summed E-state index contributed by atoms with van der Waals surface area (Å²) in [5.74, 6) is -0.349. The van der Waals surface area contributed by atoms with E-state index in [1.165, 1.54) is 57.0 Å². The Labute approximate surface area is 112 Å². The molecule has 0 spiro atoms. The first kappa shape index (κ1) is 13.3. The van der Waals surface area contributed by atoms with E-state index in [0.29, 0.717) is 11.7 Å². The lowest BCUT2D eigenvalue weighted by Crippen LogP contribution is -2.18. The number of esters is 1. The highest BCUT2D eigenvalue weighted by molar-refractivity contribution is 7.15. The van der Waals surface area contributed by atoms with E-state index < -0.39 is 0 Å². The van der Waals surface area contributed by atoms with Gasteiger partial charge in [-0.3, -0.25) is 0 Å². The highest BCUT2D eigenvalue weighted by Gasteiger charge is 2.18. The summed E-state index contributed by atoms with van der Waals surface area (Å²) in [6.45, 7) is 1.90. The van der Waals surface area contributed by atoms with Crippen molar-refractivity contribution in [1.82, 2.24) is 4.98 Å². The zero-order valence-electron chi connectivity index (χ0n) is 11.0. The van der Waals surface area contributed by atoms with Gasteiger partial charge in [0.1, 0.15) is 0 Å². The Hall–Kier alpha value is -1.10. The van der Waals surface area contributed by atoms with Crippen LogP contribution < -0.4 is 5.32 Å². The lowest BCUT2D eigenvalue weighted by atomic mass is 10.1. The molecule has 1 aliphatic carbocycles. The van der Waals surface area contributed by atoms with Crippen LogP contribution in [0.2, 0.25) is 0 Å². The Morgan fingerprint density at radius 1 is 1.33 bits per heavy atom. The summed E-state index contributed by atoms with van der Waals surface area (Å²) in [5, 5.41) is 4.31. The van der Waals surface area contributed by atoms with Crippen LogP contribution in [0.3, 0.4) is 0 Å². The molecule has 100 valence electrons. The van der Waals surface area contributed by atoms with Crippen molar-refractivity contribution in [1.29, 1.82) is 0 Å². The monoisotopic (exact) mass is 268 g/mol. The quantitative estimate of drug-likeness (QED) is 0.674. The minimum absolute atomic E-state index is 0.349. The van der Waals surface area contributed by atoms with E-state index in [2.05, 4.69) is 10.3 Å². The first-order valence-electron chi connectivity index (χ1n) is 6.53. The minimum Gasteiger partial charge on any atom is -0.464 e. The molecule has 0 saturated heterocycles. The van der Waals surface area contributed by atoms with Crippen molar-refractivity contribution >= 4 is 22.4 Å². The van der Waals surface area contributed by atoms with Gasteiger partial charge in [-0.25, -0.2) is 9.78 Å². The molecule has 0 atom stereocenters. The molecule has 1 aromatic rings. The number of thiazole rings is 1. The van der Waals surface area contributed by atoms with E-state index in [1.54, 1.807) is 0 Å². The molecule has 18 heavy (non-hydrogen) atoms. The Balaban J connectivity index is 2.02. The van der Waals surface area contributed by atoms with Crippen LogP contribution in [0.5, 0.6) is 0 Å². The van der Waals surface area contributed by atoms with Crippen LogP contribution in [0.25, 0.3) is 0 Å². The summed E-state index contributed by atoms with van der Waals surface area (Å²) >= 11 is 1.54. The fourth-order valence-electron chi connectivity index (χ4n) is 2.34. The van der Waals surface area contributed by atoms with E-state index in [9.17, 15) is 4.79 Å². The summed E-state index contributed by atoms with van der Waals surface area (Å²) in [6.07, 6.45) is 7.64. The second kappa shape index (κ2) is 6.18. The lowest BCUT2D eigenvalue weighted by molar-refractivity contribution is 0.0594. The van der Waals surface area contributed by atoms with Gasteiger partial charge in [0.25, 0.3) is 0 Å². The van der Waals surface area contributed by atoms with E-state index in [4.69, 9.17) is 4.74 Å². The molecule has 1 heterocycles. The first-order valence-corrected chi connectivity index (χ1v) is 7.34. The minimum atomic E-state index is -0.349. The number of carbonyl (C=O) groups excluding carboxylic acids is 1. The highest BCUT2D eigenvalue weighted by atomic mass is 32.1. The maximum Gasteiger partial charge on any atom is 0.357 e. The predicted molar refractivity (Wildman–Crippen MR) is 73.3 cm³/mol. The molecule has 1 N–H and O–H groups in total. The topological polar surface area (TPSA) is 51.2 Å². The number of aromatic nitrogens is 1. The number of hydrogen-bond acceptors (Lipinski definition) is 5. The molecule has 4 nitrogen and oxygen atoms in total. The van der Waals surface area contributed by atoms with Gasteiger partial charge >= 0.3 is 5.97 Å².